The molecule has 2 atom stereocenters. The number of fused-ring (bicyclic) bond motifs is 3. The lowest BCUT2D eigenvalue weighted by Crippen LogP contribution is -2.44. The molecule has 43 heavy (non-hydrogen) atoms. The van der Waals surface area contributed by atoms with Gasteiger partial charge >= 0.3 is 0 Å². The van der Waals surface area contributed by atoms with Crippen LogP contribution in [0, 0.1) is 12.8 Å². The zero-order valence-corrected chi connectivity index (χ0v) is 24.7. The second kappa shape index (κ2) is 12.7. The molecule has 3 aliphatic heterocycles. The number of dihydropyridines is 1. The van der Waals surface area contributed by atoms with Gasteiger partial charge in [0.05, 0.1) is 17.3 Å². The second-order valence-corrected chi connectivity index (χ2v) is 11.3. The van der Waals surface area contributed by atoms with Crippen LogP contribution in [-0.4, -0.2) is 57.9 Å². The Hall–Kier alpha value is -4.69. The highest BCUT2D eigenvalue weighted by molar-refractivity contribution is 6.32. The maximum Gasteiger partial charge on any atom is 0.250 e. The Labute approximate surface area is 253 Å². The Morgan fingerprint density at radius 3 is 2.60 bits per heavy atom. The molecule has 218 valence electrons. The standard InChI is InChI=1S/C35H37N7O/c1-4-36-17-14-24(2)35(43)38-30-15-18-41(19-16-30)23-26-10-12-28(13-11-26)33-31(27-8-6-5-7-9-27)21-29-22-37-32-20-25(3)40-42(32)34(29)39-33/h4-14,17,20-22,29-30,34H,2,15-16,18-19,23H2,1,3H3,(H,38,43). The van der Waals surface area contributed by atoms with Gasteiger partial charge in [-0.2, -0.15) is 5.10 Å². The number of nitrogens with one attached hydrogen (secondary N) is 1. The van der Waals surface area contributed by atoms with E-state index in [1.807, 2.05) is 36.9 Å². The number of benzene rings is 2. The van der Waals surface area contributed by atoms with Gasteiger partial charge in [-0.1, -0.05) is 67.3 Å². The smallest absolute Gasteiger partial charge is 0.250 e. The molecule has 0 spiro atoms. The number of carbonyl (C=O) groups excluding carboxylic acids is 1. The fraction of sp³-hybridized carbons (Fsp3) is 0.286. The van der Waals surface area contributed by atoms with Gasteiger partial charge in [0, 0.05) is 67.1 Å². The van der Waals surface area contributed by atoms with Crippen molar-refractivity contribution in [3.8, 4) is 0 Å². The van der Waals surface area contributed by atoms with Crippen molar-refractivity contribution in [2.45, 2.75) is 45.4 Å². The molecule has 0 saturated carbocycles. The fourth-order valence-electron chi connectivity index (χ4n) is 5.85. The van der Waals surface area contributed by atoms with Crippen LogP contribution >= 0.6 is 0 Å². The molecular weight excluding hydrogens is 534 g/mol. The Balaban J connectivity index is 1.13. The number of hydrogen-bond acceptors (Lipinski definition) is 6. The lowest BCUT2D eigenvalue weighted by atomic mass is 9.88. The van der Waals surface area contributed by atoms with Crippen molar-refractivity contribution < 1.29 is 4.79 Å². The summed E-state index contributed by atoms with van der Waals surface area (Å²) in [5.74, 6) is 0.764. The van der Waals surface area contributed by atoms with E-state index in [1.165, 1.54) is 5.56 Å². The molecule has 8 nitrogen and oxygen atoms in total. The molecule has 2 aromatic carbocycles. The summed E-state index contributed by atoms with van der Waals surface area (Å²) in [5, 5.41) is 7.83. The number of allylic oxidation sites excluding steroid dienone is 1. The number of piperidine rings is 1. The van der Waals surface area contributed by atoms with E-state index in [0.717, 1.165) is 66.4 Å². The minimum atomic E-state index is -0.150. The van der Waals surface area contributed by atoms with E-state index < -0.39 is 0 Å². The van der Waals surface area contributed by atoms with Crippen LogP contribution in [0.2, 0.25) is 0 Å². The number of aromatic nitrogens is 2. The van der Waals surface area contributed by atoms with Crippen molar-refractivity contribution in [2.24, 2.45) is 20.9 Å². The molecule has 3 aliphatic rings. The Morgan fingerprint density at radius 1 is 1.09 bits per heavy atom. The fourth-order valence-corrected chi connectivity index (χ4v) is 5.85. The number of aliphatic imine (C=N–C) groups is 3. The summed E-state index contributed by atoms with van der Waals surface area (Å²) in [7, 11) is 0. The lowest BCUT2D eigenvalue weighted by molar-refractivity contribution is -0.118. The molecule has 0 aliphatic carbocycles. The van der Waals surface area contributed by atoms with Crippen molar-refractivity contribution in [3.63, 3.8) is 0 Å². The average molecular weight is 572 g/mol. The third-order valence-electron chi connectivity index (χ3n) is 8.13. The van der Waals surface area contributed by atoms with Crippen LogP contribution in [0.5, 0.6) is 0 Å². The number of nitrogens with zero attached hydrogens (tertiary/aromatic N) is 6. The predicted octanol–water partition coefficient (Wildman–Crippen LogP) is 5.85. The van der Waals surface area contributed by atoms with E-state index in [2.05, 4.69) is 81.4 Å². The van der Waals surface area contributed by atoms with Gasteiger partial charge in [-0.3, -0.25) is 19.7 Å². The highest BCUT2D eigenvalue weighted by Gasteiger charge is 2.32. The SMILES string of the molecule is C=C(C=CN=CC)C(=O)NC1CCN(Cc2ccc(C3=NC4C(C=Nc5cc(C)nn54)C=C3c3ccccc3)cc2)CC1. The molecule has 8 heteroatoms. The zero-order valence-electron chi connectivity index (χ0n) is 24.7. The molecule has 1 aromatic heterocycles. The Kier molecular flexibility index (Phi) is 8.38. The first kappa shape index (κ1) is 28.4. The van der Waals surface area contributed by atoms with Crippen LogP contribution in [-0.2, 0) is 11.3 Å². The normalized spacial score (nSPS) is 20.5. The molecule has 1 N–H and O–H groups in total. The van der Waals surface area contributed by atoms with E-state index in [1.54, 1.807) is 18.5 Å². The molecule has 6 rings (SSSR count). The highest BCUT2D eigenvalue weighted by Crippen LogP contribution is 2.38. The van der Waals surface area contributed by atoms with Crippen LogP contribution in [0.15, 0.2) is 106 Å². The largest absolute Gasteiger partial charge is 0.349 e. The number of hydrogen-bond donors (Lipinski definition) is 1. The van der Waals surface area contributed by atoms with Crippen molar-refractivity contribution in [1.82, 2.24) is 20.0 Å². The first-order valence-corrected chi connectivity index (χ1v) is 14.9. The summed E-state index contributed by atoms with van der Waals surface area (Å²) in [4.78, 5) is 28.8. The first-order chi connectivity index (χ1) is 21.0. The molecule has 1 amide bonds. The van der Waals surface area contributed by atoms with E-state index >= 15 is 0 Å². The third kappa shape index (κ3) is 6.39. The molecule has 0 radical (unpaired) electrons. The number of rotatable bonds is 8. The van der Waals surface area contributed by atoms with E-state index in [9.17, 15) is 4.79 Å². The summed E-state index contributed by atoms with van der Waals surface area (Å²) in [5.41, 5.74) is 6.95. The minimum Gasteiger partial charge on any atom is -0.349 e. The molecule has 2 unspecified atom stereocenters. The van der Waals surface area contributed by atoms with Crippen molar-refractivity contribution in [3.05, 3.63) is 114 Å². The van der Waals surface area contributed by atoms with Gasteiger partial charge in [0.1, 0.15) is 0 Å². The van der Waals surface area contributed by atoms with Gasteiger partial charge < -0.3 is 5.32 Å². The van der Waals surface area contributed by atoms with Gasteiger partial charge in [-0.15, -0.1) is 0 Å². The van der Waals surface area contributed by atoms with Crippen LogP contribution < -0.4 is 5.32 Å². The maximum absolute atomic E-state index is 12.4. The van der Waals surface area contributed by atoms with Crippen molar-refractivity contribution >= 4 is 35.4 Å². The molecular formula is C35H37N7O. The van der Waals surface area contributed by atoms with Crippen LogP contribution in [0.25, 0.3) is 5.57 Å². The Morgan fingerprint density at radius 2 is 1.86 bits per heavy atom. The molecule has 3 aromatic rings. The first-order valence-electron chi connectivity index (χ1n) is 14.9. The quantitative estimate of drug-likeness (QED) is 0.209. The van der Waals surface area contributed by atoms with E-state index in [-0.39, 0.29) is 24.0 Å². The second-order valence-electron chi connectivity index (χ2n) is 11.3. The van der Waals surface area contributed by atoms with E-state index in [4.69, 9.17) is 10.1 Å². The maximum atomic E-state index is 12.4. The Bertz CT molecular complexity index is 1630. The number of carbonyl (C=O) groups is 1. The van der Waals surface area contributed by atoms with Gasteiger partial charge in [0.2, 0.25) is 0 Å². The number of amides is 1. The lowest BCUT2D eigenvalue weighted by Gasteiger charge is -2.32. The van der Waals surface area contributed by atoms with Gasteiger partial charge in [0.25, 0.3) is 5.91 Å². The third-order valence-corrected chi connectivity index (χ3v) is 8.13. The van der Waals surface area contributed by atoms with Crippen LogP contribution in [0.3, 0.4) is 0 Å². The number of likely N-dealkylation sites (tertiary alicyclic amines) is 1. The molecule has 1 fully saturated rings. The van der Waals surface area contributed by atoms with Crippen LogP contribution in [0.4, 0.5) is 5.82 Å². The summed E-state index contributed by atoms with van der Waals surface area (Å²) < 4.78 is 1.95. The topological polar surface area (TPSA) is 87.2 Å². The predicted molar refractivity (Wildman–Crippen MR) is 174 cm³/mol. The van der Waals surface area contributed by atoms with Crippen molar-refractivity contribution in [2.75, 3.05) is 13.1 Å². The van der Waals surface area contributed by atoms with Gasteiger partial charge in [0.15, 0.2) is 12.0 Å². The monoisotopic (exact) mass is 571 g/mol. The minimum absolute atomic E-state index is 0.0440. The van der Waals surface area contributed by atoms with Crippen LogP contribution in [0.1, 0.15) is 48.3 Å². The summed E-state index contributed by atoms with van der Waals surface area (Å²) in [6, 6.07) is 21.4. The van der Waals surface area contributed by atoms with E-state index in [0.29, 0.717) is 5.57 Å². The summed E-state index contributed by atoms with van der Waals surface area (Å²) in [6.07, 6.45) is 10.9. The summed E-state index contributed by atoms with van der Waals surface area (Å²) in [6.45, 7) is 10.4. The zero-order chi connectivity index (χ0) is 29.8. The molecule has 1 saturated heterocycles. The average Bonchev–Trinajstić information content (AvgIpc) is 3.43. The number of aryl methyl sites for hydroxylation is 1. The highest BCUT2D eigenvalue weighted by atomic mass is 16.1. The molecule has 0 bridgehead atoms. The van der Waals surface area contributed by atoms with Gasteiger partial charge in [-0.25, -0.2) is 9.67 Å². The molecule has 4 heterocycles. The van der Waals surface area contributed by atoms with Crippen molar-refractivity contribution in [1.29, 1.82) is 0 Å². The summed E-state index contributed by atoms with van der Waals surface area (Å²) >= 11 is 0. The van der Waals surface area contributed by atoms with Gasteiger partial charge in [-0.05, 0) is 43.9 Å².